The number of alkyl halides is 3. The van der Waals surface area contributed by atoms with Gasteiger partial charge >= 0.3 is 6.18 Å². The minimum atomic E-state index is -4.61. The van der Waals surface area contributed by atoms with Gasteiger partial charge in [-0.1, -0.05) is 6.58 Å². The number of ether oxygens (including phenoxy) is 1. The van der Waals surface area contributed by atoms with Crippen LogP contribution in [0.25, 0.3) is 0 Å². The van der Waals surface area contributed by atoms with Crippen molar-refractivity contribution in [3.8, 4) is 5.75 Å². The van der Waals surface area contributed by atoms with Crippen molar-refractivity contribution in [3.05, 3.63) is 36.2 Å². The molecule has 1 aliphatic rings. The number of aliphatic hydroxyl groups is 1. The van der Waals surface area contributed by atoms with Crippen LogP contribution in [0.2, 0.25) is 0 Å². The zero-order valence-corrected chi connectivity index (χ0v) is 10.7. The predicted molar refractivity (Wildman–Crippen MR) is 65.5 cm³/mol. The van der Waals surface area contributed by atoms with E-state index >= 15 is 0 Å². The second-order valence-electron chi connectivity index (χ2n) is 4.42. The SMILES string of the molecule is C=C(F)C(=O)N1CC(CO)Oc2ccc(C(F)(F)F)cc21. The summed E-state index contributed by atoms with van der Waals surface area (Å²) in [7, 11) is 0. The van der Waals surface area contributed by atoms with Crippen molar-refractivity contribution < 1.29 is 32.2 Å². The number of benzene rings is 1. The summed E-state index contributed by atoms with van der Waals surface area (Å²) in [5.41, 5.74) is -1.20. The van der Waals surface area contributed by atoms with Crippen LogP contribution in [-0.2, 0) is 11.0 Å². The summed E-state index contributed by atoms with van der Waals surface area (Å²) in [6.07, 6.45) is -5.46. The van der Waals surface area contributed by atoms with Crippen molar-refractivity contribution in [1.82, 2.24) is 0 Å². The predicted octanol–water partition coefficient (Wildman–Crippen LogP) is 2.27. The number of anilines is 1. The first-order valence-corrected chi connectivity index (χ1v) is 5.89. The topological polar surface area (TPSA) is 49.8 Å². The zero-order chi connectivity index (χ0) is 15.8. The van der Waals surface area contributed by atoms with Gasteiger partial charge in [0.1, 0.15) is 11.9 Å². The van der Waals surface area contributed by atoms with E-state index in [-0.39, 0.29) is 18.0 Å². The highest BCUT2D eigenvalue weighted by molar-refractivity contribution is 6.05. The molecule has 0 aliphatic carbocycles. The highest BCUT2D eigenvalue weighted by atomic mass is 19.4. The second kappa shape index (κ2) is 5.36. The Morgan fingerprint density at radius 3 is 2.67 bits per heavy atom. The Bertz CT molecular complexity index is 585. The fraction of sp³-hybridized carbons (Fsp3) is 0.308. The van der Waals surface area contributed by atoms with E-state index in [0.717, 1.165) is 17.0 Å². The van der Waals surface area contributed by atoms with Crippen molar-refractivity contribution in [3.63, 3.8) is 0 Å². The number of amides is 1. The molecule has 2 rings (SSSR count). The lowest BCUT2D eigenvalue weighted by Gasteiger charge is -2.34. The Labute approximate surface area is 117 Å². The molecule has 0 fully saturated rings. The van der Waals surface area contributed by atoms with Crippen LogP contribution in [0, 0.1) is 0 Å². The zero-order valence-electron chi connectivity index (χ0n) is 10.7. The lowest BCUT2D eigenvalue weighted by Crippen LogP contribution is -2.45. The maximum absolute atomic E-state index is 13.0. The summed E-state index contributed by atoms with van der Waals surface area (Å²) in [5, 5.41) is 9.08. The van der Waals surface area contributed by atoms with E-state index in [9.17, 15) is 22.4 Å². The number of hydrogen-bond acceptors (Lipinski definition) is 3. The van der Waals surface area contributed by atoms with Crippen LogP contribution in [0.4, 0.5) is 23.2 Å². The third kappa shape index (κ3) is 2.99. The van der Waals surface area contributed by atoms with E-state index in [2.05, 4.69) is 6.58 Å². The summed E-state index contributed by atoms with van der Waals surface area (Å²) < 4.78 is 56.4. The first kappa shape index (κ1) is 15.3. The van der Waals surface area contributed by atoms with Crippen molar-refractivity contribution in [2.24, 2.45) is 0 Å². The Kier molecular flexibility index (Phi) is 3.91. The third-order valence-corrected chi connectivity index (χ3v) is 2.94. The van der Waals surface area contributed by atoms with Gasteiger partial charge in [0.2, 0.25) is 0 Å². The summed E-state index contributed by atoms with van der Waals surface area (Å²) in [6.45, 7) is 2.10. The lowest BCUT2D eigenvalue weighted by atomic mass is 10.1. The highest BCUT2D eigenvalue weighted by Gasteiger charge is 2.36. The number of hydrogen-bond donors (Lipinski definition) is 1. The van der Waals surface area contributed by atoms with E-state index in [4.69, 9.17) is 9.84 Å². The average molecular weight is 305 g/mol. The molecule has 0 saturated carbocycles. The monoisotopic (exact) mass is 305 g/mol. The summed E-state index contributed by atoms with van der Waals surface area (Å²) in [5.74, 6) is -2.52. The van der Waals surface area contributed by atoms with Crippen LogP contribution >= 0.6 is 0 Å². The molecule has 4 nitrogen and oxygen atoms in total. The Balaban J connectivity index is 2.50. The molecule has 0 radical (unpaired) electrons. The molecule has 114 valence electrons. The van der Waals surface area contributed by atoms with Crippen LogP contribution in [0.15, 0.2) is 30.6 Å². The second-order valence-corrected chi connectivity index (χ2v) is 4.42. The van der Waals surface area contributed by atoms with Crippen molar-refractivity contribution >= 4 is 11.6 Å². The van der Waals surface area contributed by atoms with Crippen molar-refractivity contribution in [2.45, 2.75) is 12.3 Å². The van der Waals surface area contributed by atoms with Crippen molar-refractivity contribution in [2.75, 3.05) is 18.1 Å². The molecule has 0 bridgehead atoms. The van der Waals surface area contributed by atoms with Gasteiger partial charge in [0.15, 0.2) is 5.83 Å². The van der Waals surface area contributed by atoms with Crippen LogP contribution in [0.3, 0.4) is 0 Å². The van der Waals surface area contributed by atoms with E-state index in [1.54, 1.807) is 0 Å². The minimum Gasteiger partial charge on any atom is -0.484 e. The number of rotatable bonds is 2. The molecule has 21 heavy (non-hydrogen) atoms. The van der Waals surface area contributed by atoms with Gasteiger partial charge in [0.25, 0.3) is 5.91 Å². The van der Waals surface area contributed by atoms with Gasteiger partial charge in [0.05, 0.1) is 24.4 Å². The minimum absolute atomic E-state index is 0.0390. The fourth-order valence-electron chi connectivity index (χ4n) is 1.96. The third-order valence-electron chi connectivity index (χ3n) is 2.94. The average Bonchev–Trinajstić information content (AvgIpc) is 2.43. The highest BCUT2D eigenvalue weighted by Crippen LogP contribution is 2.39. The maximum atomic E-state index is 13.0. The number of carbonyl (C=O) groups is 1. The Morgan fingerprint density at radius 2 is 2.14 bits per heavy atom. The van der Waals surface area contributed by atoms with Gasteiger partial charge in [-0.3, -0.25) is 9.69 Å². The molecule has 8 heteroatoms. The Morgan fingerprint density at radius 1 is 1.48 bits per heavy atom. The first-order chi connectivity index (χ1) is 9.74. The first-order valence-electron chi connectivity index (χ1n) is 5.89. The fourth-order valence-corrected chi connectivity index (χ4v) is 1.96. The van der Waals surface area contributed by atoms with E-state index in [0.29, 0.717) is 6.07 Å². The normalized spacial score (nSPS) is 18.0. The largest absolute Gasteiger partial charge is 0.484 e. The molecule has 1 aliphatic heterocycles. The van der Waals surface area contributed by atoms with E-state index in [1.165, 1.54) is 0 Å². The van der Waals surface area contributed by atoms with E-state index < -0.39 is 36.2 Å². The van der Waals surface area contributed by atoms with Gasteiger partial charge in [-0.25, -0.2) is 4.39 Å². The number of halogens is 4. The van der Waals surface area contributed by atoms with Gasteiger partial charge < -0.3 is 9.84 Å². The quantitative estimate of drug-likeness (QED) is 0.673. The van der Waals surface area contributed by atoms with Gasteiger partial charge in [-0.05, 0) is 18.2 Å². The van der Waals surface area contributed by atoms with Crippen LogP contribution in [0.5, 0.6) is 5.75 Å². The van der Waals surface area contributed by atoms with Crippen LogP contribution in [-0.4, -0.2) is 30.3 Å². The molecule has 1 unspecified atom stereocenters. The molecule has 0 saturated heterocycles. The smallest absolute Gasteiger partial charge is 0.416 e. The van der Waals surface area contributed by atoms with E-state index in [1.807, 2.05) is 0 Å². The summed E-state index contributed by atoms with van der Waals surface area (Å²) in [4.78, 5) is 12.5. The number of aliphatic hydroxyl groups excluding tert-OH is 1. The standard InChI is InChI=1S/C13H11F4NO3/c1-7(14)12(20)18-5-9(6-19)21-11-3-2-8(4-10(11)18)13(15,16)17/h2-4,9,19H,1,5-6H2. The molecule has 0 aromatic heterocycles. The summed E-state index contributed by atoms with van der Waals surface area (Å²) >= 11 is 0. The number of carbonyl (C=O) groups excluding carboxylic acids is 1. The Hall–Kier alpha value is -2.09. The molecule has 0 spiro atoms. The molecule has 1 amide bonds. The molecular formula is C13H11F4NO3. The van der Waals surface area contributed by atoms with Gasteiger partial charge in [-0.15, -0.1) is 0 Å². The van der Waals surface area contributed by atoms with Crippen LogP contribution in [0.1, 0.15) is 5.56 Å². The molecule has 1 N–H and O–H groups in total. The van der Waals surface area contributed by atoms with Crippen LogP contribution < -0.4 is 9.64 Å². The molecule has 1 atom stereocenters. The number of nitrogens with zero attached hydrogens (tertiary/aromatic N) is 1. The van der Waals surface area contributed by atoms with Gasteiger partial charge in [-0.2, -0.15) is 13.2 Å². The molecule has 1 aromatic carbocycles. The molecule has 1 aromatic rings. The molecule has 1 heterocycles. The summed E-state index contributed by atoms with van der Waals surface area (Å²) in [6, 6.07) is 2.51. The number of fused-ring (bicyclic) bond motifs is 1. The maximum Gasteiger partial charge on any atom is 0.416 e. The lowest BCUT2D eigenvalue weighted by molar-refractivity contribution is -0.137. The van der Waals surface area contributed by atoms with Crippen molar-refractivity contribution in [1.29, 1.82) is 0 Å². The van der Waals surface area contributed by atoms with Gasteiger partial charge in [0, 0.05) is 0 Å². The molecular weight excluding hydrogens is 294 g/mol.